The van der Waals surface area contributed by atoms with E-state index in [1.807, 2.05) is 0 Å². The molecule has 2 aromatic rings. The summed E-state index contributed by atoms with van der Waals surface area (Å²) in [6, 6.07) is 11.6. The highest BCUT2D eigenvalue weighted by atomic mass is 19.1. The third kappa shape index (κ3) is 4.70. The number of carbonyl (C=O) groups excluding carboxylic acids is 2. The van der Waals surface area contributed by atoms with Crippen LogP contribution in [0, 0.1) is 17.0 Å². The van der Waals surface area contributed by atoms with E-state index in [4.69, 9.17) is 9.47 Å². The smallest absolute Gasteiger partial charge is 0.324 e. The third-order valence-electron chi connectivity index (χ3n) is 4.23. The molecule has 2 aromatic carbocycles. The molecular formula is C21H22F2O4. The summed E-state index contributed by atoms with van der Waals surface area (Å²) >= 11 is 0. The van der Waals surface area contributed by atoms with Gasteiger partial charge >= 0.3 is 11.9 Å². The maximum atomic E-state index is 14.3. The number of hydrogen-bond acceptors (Lipinski definition) is 4. The van der Waals surface area contributed by atoms with Gasteiger partial charge in [-0.2, -0.15) is 0 Å². The monoisotopic (exact) mass is 376 g/mol. The molecule has 0 N–H and O–H groups in total. The quantitative estimate of drug-likeness (QED) is 0.519. The summed E-state index contributed by atoms with van der Waals surface area (Å²) in [7, 11) is 0. The first-order valence-corrected chi connectivity index (χ1v) is 8.75. The predicted octanol–water partition coefficient (Wildman–Crippen LogP) is 3.86. The van der Waals surface area contributed by atoms with Gasteiger partial charge in [-0.3, -0.25) is 9.59 Å². The van der Waals surface area contributed by atoms with Crippen LogP contribution >= 0.6 is 0 Å². The second-order valence-corrected chi connectivity index (χ2v) is 6.06. The molecule has 0 aliphatic rings. The predicted molar refractivity (Wildman–Crippen MR) is 95.9 cm³/mol. The molecule has 0 spiro atoms. The molecule has 0 heterocycles. The number of halogens is 2. The molecule has 0 aromatic heterocycles. The molecule has 0 amide bonds. The zero-order chi connectivity index (χ0) is 19.9. The standard InChI is InChI=1S/C21H22F2O4/c1-3-26-19(24)21(20(25)27-4-2,13-15-9-5-7-11-17(15)22)14-16-10-6-8-12-18(16)23/h5-12H,3-4,13-14H2,1-2H3. The van der Waals surface area contributed by atoms with Crippen LogP contribution in [-0.4, -0.2) is 25.2 Å². The van der Waals surface area contributed by atoms with E-state index in [-0.39, 0.29) is 37.2 Å². The van der Waals surface area contributed by atoms with Crippen molar-refractivity contribution in [2.45, 2.75) is 26.7 Å². The summed E-state index contributed by atoms with van der Waals surface area (Å²) in [5.41, 5.74) is -1.60. The van der Waals surface area contributed by atoms with Crippen LogP contribution < -0.4 is 0 Å². The summed E-state index contributed by atoms with van der Waals surface area (Å²) in [6.45, 7) is 3.24. The maximum absolute atomic E-state index is 14.3. The van der Waals surface area contributed by atoms with Crippen LogP contribution in [0.4, 0.5) is 8.78 Å². The van der Waals surface area contributed by atoms with Gasteiger partial charge in [0.05, 0.1) is 13.2 Å². The van der Waals surface area contributed by atoms with Gasteiger partial charge < -0.3 is 9.47 Å². The number of carbonyl (C=O) groups is 2. The van der Waals surface area contributed by atoms with Crippen molar-refractivity contribution in [1.82, 2.24) is 0 Å². The van der Waals surface area contributed by atoms with Crippen molar-refractivity contribution < 1.29 is 27.8 Å². The van der Waals surface area contributed by atoms with E-state index in [9.17, 15) is 18.4 Å². The number of benzene rings is 2. The van der Waals surface area contributed by atoms with E-state index in [1.54, 1.807) is 26.0 Å². The molecule has 0 saturated heterocycles. The Bertz CT molecular complexity index is 737. The Labute approximate surface area is 157 Å². The molecule has 0 unspecified atom stereocenters. The fraction of sp³-hybridized carbons (Fsp3) is 0.333. The van der Waals surface area contributed by atoms with E-state index in [0.717, 1.165) is 0 Å². The van der Waals surface area contributed by atoms with Crippen molar-refractivity contribution in [3.05, 3.63) is 71.3 Å². The van der Waals surface area contributed by atoms with Crippen molar-refractivity contribution in [3.63, 3.8) is 0 Å². The van der Waals surface area contributed by atoms with E-state index >= 15 is 0 Å². The number of hydrogen-bond donors (Lipinski definition) is 0. The average molecular weight is 376 g/mol. The van der Waals surface area contributed by atoms with Crippen LogP contribution in [0.25, 0.3) is 0 Å². The lowest BCUT2D eigenvalue weighted by molar-refractivity contribution is -0.172. The minimum absolute atomic E-state index is 0.0224. The first-order chi connectivity index (χ1) is 12.9. The zero-order valence-corrected chi connectivity index (χ0v) is 15.3. The first kappa shape index (κ1) is 20.6. The van der Waals surface area contributed by atoms with E-state index in [1.165, 1.54) is 36.4 Å². The summed E-state index contributed by atoms with van der Waals surface area (Å²) < 4.78 is 38.7. The highest BCUT2D eigenvalue weighted by Gasteiger charge is 2.49. The van der Waals surface area contributed by atoms with E-state index in [2.05, 4.69) is 0 Å². The van der Waals surface area contributed by atoms with Crippen molar-refractivity contribution in [3.8, 4) is 0 Å². The van der Waals surface area contributed by atoms with Crippen LogP contribution in [0.1, 0.15) is 25.0 Å². The Morgan fingerprint density at radius 1 is 0.778 bits per heavy atom. The third-order valence-corrected chi connectivity index (χ3v) is 4.23. The van der Waals surface area contributed by atoms with Gasteiger partial charge in [0.25, 0.3) is 0 Å². The molecule has 27 heavy (non-hydrogen) atoms. The number of rotatable bonds is 8. The van der Waals surface area contributed by atoms with Crippen LogP contribution in [0.2, 0.25) is 0 Å². The second kappa shape index (κ2) is 9.26. The molecule has 0 radical (unpaired) electrons. The van der Waals surface area contributed by atoms with Crippen LogP contribution in [0.15, 0.2) is 48.5 Å². The van der Waals surface area contributed by atoms with Crippen molar-refractivity contribution >= 4 is 11.9 Å². The molecule has 0 atom stereocenters. The fourth-order valence-corrected chi connectivity index (χ4v) is 2.91. The largest absolute Gasteiger partial charge is 0.465 e. The molecule has 4 nitrogen and oxygen atoms in total. The van der Waals surface area contributed by atoms with Gasteiger partial charge in [-0.05, 0) is 37.1 Å². The van der Waals surface area contributed by atoms with E-state index < -0.39 is 29.0 Å². The van der Waals surface area contributed by atoms with E-state index in [0.29, 0.717) is 0 Å². The van der Waals surface area contributed by atoms with Gasteiger partial charge in [0.2, 0.25) is 0 Å². The van der Waals surface area contributed by atoms with Crippen molar-refractivity contribution in [2.24, 2.45) is 5.41 Å². The summed E-state index contributed by atoms with van der Waals surface area (Å²) in [5, 5.41) is 0. The molecule has 0 saturated carbocycles. The van der Waals surface area contributed by atoms with Crippen molar-refractivity contribution in [1.29, 1.82) is 0 Å². The Hall–Kier alpha value is -2.76. The topological polar surface area (TPSA) is 52.6 Å². The molecule has 2 rings (SSSR count). The van der Waals surface area contributed by atoms with Gasteiger partial charge in [0.15, 0.2) is 5.41 Å². The zero-order valence-electron chi connectivity index (χ0n) is 15.3. The lowest BCUT2D eigenvalue weighted by atomic mass is 9.76. The molecule has 0 aliphatic heterocycles. The lowest BCUT2D eigenvalue weighted by Crippen LogP contribution is -2.46. The molecule has 144 valence electrons. The normalized spacial score (nSPS) is 11.1. The minimum Gasteiger partial charge on any atom is -0.465 e. The van der Waals surface area contributed by atoms with Crippen LogP contribution in [0.5, 0.6) is 0 Å². The van der Waals surface area contributed by atoms with Gasteiger partial charge in [-0.1, -0.05) is 36.4 Å². The fourth-order valence-electron chi connectivity index (χ4n) is 2.91. The lowest BCUT2D eigenvalue weighted by Gasteiger charge is -2.29. The molecule has 0 bridgehead atoms. The first-order valence-electron chi connectivity index (χ1n) is 8.75. The average Bonchev–Trinajstić information content (AvgIpc) is 2.65. The second-order valence-electron chi connectivity index (χ2n) is 6.06. The number of esters is 2. The Kier molecular flexibility index (Phi) is 7.05. The highest BCUT2D eigenvalue weighted by Crippen LogP contribution is 2.33. The molecule has 0 aliphatic carbocycles. The van der Waals surface area contributed by atoms with Gasteiger partial charge in [-0.25, -0.2) is 8.78 Å². The van der Waals surface area contributed by atoms with Gasteiger partial charge in [-0.15, -0.1) is 0 Å². The Morgan fingerprint density at radius 2 is 1.15 bits per heavy atom. The van der Waals surface area contributed by atoms with Crippen LogP contribution in [-0.2, 0) is 31.9 Å². The molecule has 6 heteroatoms. The summed E-state index contributed by atoms with van der Waals surface area (Å²) in [6.07, 6.45) is -0.600. The summed E-state index contributed by atoms with van der Waals surface area (Å²) in [4.78, 5) is 25.7. The van der Waals surface area contributed by atoms with Crippen LogP contribution in [0.3, 0.4) is 0 Å². The number of ether oxygens (including phenoxy) is 2. The van der Waals surface area contributed by atoms with Gasteiger partial charge in [0, 0.05) is 12.8 Å². The SMILES string of the molecule is CCOC(=O)C(Cc1ccccc1F)(Cc1ccccc1F)C(=O)OCC. The molecular weight excluding hydrogens is 354 g/mol. The Balaban J connectivity index is 2.57. The highest BCUT2D eigenvalue weighted by molar-refractivity contribution is 6.00. The summed E-state index contributed by atoms with van der Waals surface area (Å²) in [5.74, 6) is -2.86. The minimum atomic E-state index is -1.89. The van der Waals surface area contributed by atoms with Crippen molar-refractivity contribution in [2.75, 3.05) is 13.2 Å². The van der Waals surface area contributed by atoms with Gasteiger partial charge in [0.1, 0.15) is 11.6 Å². The Morgan fingerprint density at radius 3 is 1.48 bits per heavy atom. The molecule has 0 fully saturated rings. The maximum Gasteiger partial charge on any atom is 0.324 e.